The number of aryl methyl sites for hydroxylation is 2. The minimum absolute atomic E-state index is 0.0155. The summed E-state index contributed by atoms with van der Waals surface area (Å²) in [6.07, 6.45) is 0. The highest BCUT2D eigenvalue weighted by molar-refractivity contribution is 7.89. The average molecular weight is 340 g/mol. The first-order valence-corrected chi connectivity index (χ1v) is 8.73. The second-order valence-electron chi connectivity index (χ2n) is 4.74. The molecule has 0 bridgehead atoms. The molecule has 6 nitrogen and oxygen atoms in total. The summed E-state index contributed by atoms with van der Waals surface area (Å²) < 4.78 is 41.4. The van der Waals surface area contributed by atoms with Crippen LogP contribution < -0.4 is 4.72 Å². The molecule has 2 heterocycles. The molecular formula is C13H13FN4O2S2. The molecule has 0 aliphatic carbocycles. The lowest BCUT2D eigenvalue weighted by molar-refractivity contribution is 0.578. The van der Waals surface area contributed by atoms with Crippen LogP contribution in [-0.2, 0) is 16.6 Å². The van der Waals surface area contributed by atoms with Crippen LogP contribution in [0.25, 0.3) is 4.96 Å². The lowest BCUT2D eigenvalue weighted by Crippen LogP contribution is -2.24. The van der Waals surface area contributed by atoms with Crippen molar-refractivity contribution in [2.45, 2.75) is 25.3 Å². The molecule has 0 saturated carbocycles. The summed E-state index contributed by atoms with van der Waals surface area (Å²) in [7, 11) is -3.71. The standard InChI is InChI=1S/C13H13FN4O2S2/c1-8-12(18-13(16-8)21-9(2)17-18)7-15-22(19,20)11-5-3-10(14)4-6-11/h3-6,15H,7H2,1-2H3. The molecule has 0 saturated heterocycles. The number of nitrogens with zero attached hydrogens (tertiary/aromatic N) is 3. The van der Waals surface area contributed by atoms with Gasteiger partial charge in [0.1, 0.15) is 10.8 Å². The monoisotopic (exact) mass is 340 g/mol. The summed E-state index contributed by atoms with van der Waals surface area (Å²) >= 11 is 1.44. The number of benzene rings is 1. The van der Waals surface area contributed by atoms with Crippen molar-refractivity contribution in [3.63, 3.8) is 0 Å². The van der Waals surface area contributed by atoms with Gasteiger partial charge < -0.3 is 0 Å². The highest BCUT2D eigenvalue weighted by atomic mass is 32.2. The van der Waals surface area contributed by atoms with Crippen LogP contribution in [0.2, 0.25) is 0 Å². The molecule has 2 aromatic heterocycles. The van der Waals surface area contributed by atoms with Crippen molar-refractivity contribution < 1.29 is 12.8 Å². The predicted molar refractivity (Wildman–Crippen MR) is 80.8 cm³/mol. The number of hydrogen-bond acceptors (Lipinski definition) is 5. The number of fused-ring (bicyclic) bond motifs is 1. The van der Waals surface area contributed by atoms with Gasteiger partial charge in [0, 0.05) is 0 Å². The molecule has 1 aromatic carbocycles. The molecule has 0 amide bonds. The lowest BCUT2D eigenvalue weighted by Gasteiger charge is -2.06. The Bertz CT molecular complexity index is 929. The van der Waals surface area contributed by atoms with Crippen LogP contribution in [0.1, 0.15) is 16.4 Å². The quantitative estimate of drug-likeness (QED) is 0.788. The van der Waals surface area contributed by atoms with Crippen LogP contribution in [0, 0.1) is 19.7 Å². The van der Waals surface area contributed by atoms with Crippen LogP contribution in [-0.4, -0.2) is 23.0 Å². The Morgan fingerprint density at radius 1 is 1.27 bits per heavy atom. The highest BCUT2D eigenvalue weighted by Gasteiger charge is 2.18. The SMILES string of the molecule is Cc1nn2c(CNS(=O)(=O)c3ccc(F)cc3)c(C)nc2s1. The predicted octanol–water partition coefficient (Wildman–Crippen LogP) is 2.03. The molecule has 0 fully saturated rings. The summed E-state index contributed by atoms with van der Waals surface area (Å²) in [4.78, 5) is 5.10. The second kappa shape index (κ2) is 5.41. The van der Waals surface area contributed by atoms with Crippen LogP contribution in [0.5, 0.6) is 0 Å². The normalized spacial score (nSPS) is 12.1. The summed E-state index contributed by atoms with van der Waals surface area (Å²) in [6, 6.07) is 4.67. The van der Waals surface area contributed by atoms with Crippen molar-refractivity contribution in [1.82, 2.24) is 19.3 Å². The van der Waals surface area contributed by atoms with E-state index in [1.54, 1.807) is 11.4 Å². The van der Waals surface area contributed by atoms with Gasteiger partial charge in [-0.2, -0.15) is 5.10 Å². The molecule has 3 rings (SSSR count). The van der Waals surface area contributed by atoms with Crippen molar-refractivity contribution in [1.29, 1.82) is 0 Å². The van der Waals surface area contributed by atoms with Gasteiger partial charge in [0.25, 0.3) is 0 Å². The highest BCUT2D eigenvalue weighted by Crippen LogP contribution is 2.18. The number of hydrogen-bond donors (Lipinski definition) is 1. The van der Waals surface area contributed by atoms with Gasteiger partial charge in [-0.1, -0.05) is 11.3 Å². The molecule has 1 N–H and O–H groups in total. The first-order valence-electron chi connectivity index (χ1n) is 6.44. The van der Waals surface area contributed by atoms with Gasteiger partial charge in [0.2, 0.25) is 15.0 Å². The molecule has 0 aliphatic rings. The molecule has 0 atom stereocenters. The van der Waals surface area contributed by atoms with Crippen LogP contribution in [0.15, 0.2) is 29.2 Å². The summed E-state index contributed by atoms with van der Waals surface area (Å²) in [5.41, 5.74) is 1.41. The molecule has 0 aliphatic heterocycles. The van der Waals surface area contributed by atoms with E-state index in [1.807, 2.05) is 6.92 Å². The van der Waals surface area contributed by atoms with Gasteiger partial charge in [-0.3, -0.25) is 0 Å². The Labute approximate surface area is 130 Å². The molecule has 22 heavy (non-hydrogen) atoms. The van der Waals surface area contributed by atoms with Crippen molar-refractivity contribution in [2.24, 2.45) is 0 Å². The zero-order valence-electron chi connectivity index (χ0n) is 11.9. The van der Waals surface area contributed by atoms with E-state index in [9.17, 15) is 12.8 Å². The Kier molecular flexibility index (Phi) is 3.71. The maximum Gasteiger partial charge on any atom is 0.240 e. The van der Waals surface area contributed by atoms with Crippen molar-refractivity contribution in [3.05, 3.63) is 46.5 Å². The van der Waals surface area contributed by atoms with Gasteiger partial charge in [0.15, 0.2) is 0 Å². The Morgan fingerprint density at radius 3 is 2.64 bits per heavy atom. The lowest BCUT2D eigenvalue weighted by atomic mass is 10.3. The first-order chi connectivity index (χ1) is 10.4. The number of rotatable bonds is 4. The minimum Gasteiger partial charge on any atom is -0.223 e. The van der Waals surface area contributed by atoms with E-state index >= 15 is 0 Å². The fourth-order valence-electron chi connectivity index (χ4n) is 2.05. The molecule has 0 spiro atoms. The van der Waals surface area contributed by atoms with Gasteiger partial charge in [-0.15, -0.1) is 0 Å². The van der Waals surface area contributed by atoms with E-state index in [2.05, 4.69) is 14.8 Å². The minimum atomic E-state index is -3.71. The van der Waals surface area contributed by atoms with E-state index in [4.69, 9.17) is 0 Å². The van der Waals surface area contributed by atoms with E-state index in [0.29, 0.717) is 5.69 Å². The molecule has 9 heteroatoms. The smallest absolute Gasteiger partial charge is 0.223 e. The third-order valence-electron chi connectivity index (χ3n) is 3.15. The fourth-order valence-corrected chi connectivity index (χ4v) is 3.84. The molecule has 3 aromatic rings. The van der Waals surface area contributed by atoms with Crippen molar-refractivity contribution in [2.75, 3.05) is 0 Å². The van der Waals surface area contributed by atoms with E-state index in [-0.39, 0.29) is 11.4 Å². The van der Waals surface area contributed by atoms with Crippen LogP contribution >= 0.6 is 11.3 Å². The summed E-state index contributed by atoms with van der Waals surface area (Å²) in [5.74, 6) is -0.481. The molecule has 0 unspecified atom stereocenters. The van der Waals surface area contributed by atoms with E-state index in [1.165, 1.54) is 23.5 Å². The Balaban J connectivity index is 1.86. The van der Waals surface area contributed by atoms with Gasteiger partial charge >= 0.3 is 0 Å². The van der Waals surface area contributed by atoms with Gasteiger partial charge in [-0.25, -0.2) is 27.0 Å². The molecule has 116 valence electrons. The zero-order valence-corrected chi connectivity index (χ0v) is 13.5. The number of halogens is 1. The Morgan fingerprint density at radius 2 is 1.95 bits per heavy atom. The topological polar surface area (TPSA) is 76.4 Å². The largest absolute Gasteiger partial charge is 0.240 e. The number of aromatic nitrogens is 3. The third kappa shape index (κ3) is 2.74. The van der Waals surface area contributed by atoms with Crippen LogP contribution in [0.4, 0.5) is 4.39 Å². The second-order valence-corrected chi connectivity index (χ2v) is 7.66. The van der Waals surface area contributed by atoms with Gasteiger partial charge in [0.05, 0.1) is 22.8 Å². The van der Waals surface area contributed by atoms with E-state index in [0.717, 1.165) is 27.8 Å². The number of nitrogens with one attached hydrogen (secondary N) is 1. The third-order valence-corrected chi connectivity index (χ3v) is 5.39. The number of imidazole rings is 1. The van der Waals surface area contributed by atoms with Crippen molar-refractivity contribution in [3.8, 4) is 0 Å². The molecule has 0 radical (unpaired) electrons. The number of sulfonamides is 1. The average Bonchev–Trinajstić information content (AvgIpc) is 2.92. The summed E-state index contributed by atoms with van der Waals surface area (Å²) in [5, 5.41) is 5.16. The summed E-state index contributed by atoms with van der Waals surface area (Å²) in [6.45, 7) is 3.73. The molecular weight excluding hydrogens is 327 g/mol. The maximum atomic E-state index is 12.9. The fraction of sp³-hybridized carbons (Fsp3) is 0.231. The zero-order chi connectivity index (χ0) is 15.9. The maximum absolute atomic E-state index is 12.9. The van der Waals surface area contributed by atoms with Crippen LogP contribution in [0.3, 0.4) is 0 Å². The Hall–Kier alpha value is -1.84. The first kappa shape index (κ1) is 15.1. The van der Waals surface area contributed by atoms with Crippen molar-refractivity contribution >= 4 is 26.3 Å². The van der Waals surface area contributed by atoms with E-state index < -0.39 is 15.8 Å². The van der Waals surface area contributed by atoms with Gasteiger partial charge in [-0.05, 0) is 38.1 Å².